The normalized spacial score (nSPS) is 19.7. The summed E-state index contributed by atoms with van der Waals surface area (Å²) in [7, 11) is 0. The number of nitrogens with zero attached hydrogens (tertiary/aromatic N) is 4. The molecule has 2 aromatic heterocycles. The fraction of sp³-hybridized carbons (Fsp3) is 0.444. The number of nitrogens with one attached hydrogen (secondary N) is 1. The van der Waals surface area contributed by atoms with Crippen molar-refractivity contribution in [1.82, 2.24) is 15.0 Å². The van der Waals surface area contributed by atoms with Gasteiger partial charge in [-0.25, -0.2) is 15.0 Å². The van der Waals surface area contributed by atoms with Crippen molar-refractivity contribution in [1.29, 1.82) is 0 Å². The molecular weight excluding hydrogens is 400 g/mol. The first-order valence-corrected chi connectivity index (χ1v) is 9.99. The molecule has 0 saturated carbocycles. The van der Waals surface area contributed by atoms with Crippen molar-refractivity contribution in [2.24, 2.45) is 11.1 Å². The van der Waals surface area contributed by atoms with Gasteiger partial charge in [-0.1, -0.05) is 18.7 Å². The first-order chi connectivity index (χ1) is 13.7. The lowest BCUT2D eigenvalue weighted by molar-refractivity contribution is -0.139. The van der Waals surface area contributed by atoms with Gasteiger partial charge in [-0.2, -0.15) is 8.78 Å². The fourth-order valence-corrected chi connectivity index (χ4v) is 4.34. The first kappa shape index (κ1) is 19.8. The van der Waals surface area contributed by atoms with Gasteiger partial charge in [-0.15, -0.1) is 0 Å². The highest BCUT2D eigenvalue weighted by molar-refractivity contribution is 7.99. The van der Waals surface area contributed by atoms with Crippen molar-refractivity contribution >= 4 is 35.1 Å². The number of hydrogen-bond acceptors (Lipinski definition) is 8. The van der Waals surface area contributed by atoms with Crippen LogP contribution < -0.4 is 21.7 Å². The molecule has 11 heteroatoms. The summed E-state index contributed by atoms with van der Waals surface area (Å²) < 4.78 is 28.5. The smallest absolute Gasteiger partial charge is 0.354 e. The summed E-state index contributed by atoms with van der Waals surface area (Å²) in [6.07, 6.45) is 4.83. The summed E-state index contributed by atoms with van der Waals surface area (Å²) in [4.78, 5) is 26.4. The summed E-state index contributed by atoms with van der Waals surface area (Å²) in [6.45, 7) is 4.41. The number of hydrogen-bond donors (Lipinski definition) is 3. The van der Waals surface area contributed by atoms with E-state index in [0.717, 1.165) is 37.7 Å². The Balaban J connectivity index is 1.56. The van der Waals surface area contributed by atoms with Crippen LogP contribution in [-0.2, 0) is 10.7 Å². The Bertz CT molecular complexity index is 963. The topological polar surface area (TPSA) is 123 Å². The highest BCUT2D eigenvalue weighted by Crippen LogP contribution is 2.46. The van der Waals surface area contributed by atoms with E-state index in [4.69, 9.17) is 11.5 Å². The number of aromatic nitrogens is 3. The molecule has 0 aromatic carbocycles. The molecule has 5 N–H and O–H groups in total. The van der Waals surface area contributed by atoms with Crippen LogP contribution in [0.25, 0.3) is 0 Å². The van der Waals surface area contributed by atoms with Crippen molar-refractivity contribution < 1.29 is 13.6 Å². The second-order valence-electron chi connectivity index (χ2n) is 7.58. The van der Waals surface area contributed by atoms with E-state index < -0.39 is 17.4 Å². The second-order valence-corrected chi connectivity index (χ2v) is 8.61. The van der Waals surface area contributed by atoms with Crippen molar-refractivity contribution in [3.05, 3.63) is 24.0 Å². The quantitative estimate of drug-likeness (QED) is 0.687. The van der Waals surface area contributed by atoms with Gasteiger partial charge in [0.15, 0.2) is 5.82 Å². The molecule has 0 bridgehead atoms. The summed E-state index contributed by atoms with van der Waals surface area (Å²) in [5, 5.41) is 2.39. The molecule has 0 radical (unpaired) electrons. The number of carbonyl (C=O) groups is 1. The molecule has 4 rings (SSSR count). The lowest BCUT2D eigenvalue weighted by Gasteiger charge is -2.39. The van der Waals surface area contributed by atoms with Crippen molar-refractivity contribution in [2.45, 2.75) is 35.6 Å². The molecule has 1 amide bonds. The number of carbonyl (C=O) groups excluding carboxylic acids is 1. The van der Waals surface area contributed by atoms with E-state index in [2.05, 4.69) is 32.1 Å². The van der Waals surface area contributed by atoms with E-state index in [9.17, 15) is 13.6 Å². The number of fused-ring (bicyclic) bond motifs is 1. The third kappa shape index (κ3) is 3.48. The van der Waals surface area contributed by atoms with Crippen LogP contribution >= 0.6 is 11.8 Å². The summed E-state index contributed by atoms with van der Waals surface area (Å²) in [5.74, 6) is -4.40. The zero-order valence-electron chi connectivity index (χ0n) is 15.8. The van der Waals surface area contributed by atoms with E-state index >= 15 is 0 Å². The van der Waals surface area contributed by atoms with Gasteiger partial charge in [0.05, 0.1) is 11.8 Å². The van der Waals surface area contributed by atoms with Gasteiger partial charge in [0.1, 0.15) is 16.7 Å². The number of pyridine rings is 1. The van der Waals surface area contributed by atoms with Crippen LogP contribution in [-0.4, -0.2) is 40.5 Å². The lowest BCUT2D eigenvalue weighted by Crippen LogP contribution is -2.42. The Hall–Kier alpha value is -2.53. The standard InChI is InChI=1S/C18H21F2N7OS/c1-17(9-21)3-6-27(7-4-17)11-8-24-15(13(22)25-11)29-10-2-5-23-14-12(10)18(19,20)16(28)26-14/h2,5,8H,3-4,6-7,9,21H2,1H3,(H2,22,25)(H,23,26,28). The molecule has 0 spiro atoms. The number of alkyl halides is 2. The minimum absolute atomic E-state index is 0.129. The Kier molecular flexibility index (Phi) is 4.82. The van der Waals surface area contributed by atoms with E-state index in [-0.39, 0.29) is 21.9 Å². The maximum atomic E-state index is 14.2. The molecule has 0 unspecified atom stereocenters. The highest BCUT2D eigenvalue weighted by atomic mass is 32.2. The molecule has 4 heterocycles. The zero-order valence-corrected chi connectivity index (χ0v) is 16.6. The van der Waals surface area contributed by atoms with E-state index in [1.54, 1.807) is 6.20 Å². The maximum Gasteiger partial charge on any atom is 0.354 e. The van der Waals surface area contributed by atoms with Gasteiger partial charge >= 0.3 is 11.8 Å². The SMILES string of the molecule is CC1(CN)CCN(c2cnc(Sc3ccnc4c3C(F)(F)C(=O)N4)c(N)n2)CC1. The third-order valence-electron chi connectivity index (χ3n) is 5.49. The Morgan fingerprint density at radius 2 is 2.03 bits per heavy atom. The third-order valence-corrected chi connectivity index (χ3v) is 6.56. The molecule has 1 saturated heterocycles. The molecule has 154 valence electrons. The predicted molar refractivity (Wildman–Crippen MR) is 106 cm³/mol. The van der Waals surface area contributed by atoms with Crippen molar-refractivity contribution in [3.8, 4) is 0 Å². The molecule has 29 heavy (non-hydrogen) atoms. The summed E-state index contributed by atoms with van der Waals surface area (Å²) in [6, 6.07) is 1.41. The minimum Gasteiger partial charge on any atom is -0.381 e. The Labute approximate surface area is 170 Å². The highest BCUT2D eigenvalue weighted by Gasteiger charge is 2.51. The molecule has 8 nitrogen and oxygen atoms in total. The number of halogens is 2. The van der Waals surface area contributed by atoms with Crippen LogP contribution in [0.15, 0.2) is 28.4 Å². The van der Waals surface area contributed by atoms with E-state index in [0.29, 0.717) is 17.4 Å². The number of anilines is 3. The number of nitrogens with two attached hydrogens (primary N) is 2. The molecule has 0 aliphatic carbocycles. The number of piperidine rings is 1. The summed E-state index contributed by atoms with van der Waals surface area (Å²) in [5.41, 5.74) is 11.6. The van der Waals surface area contributed by atoms with Gasteiger partial charge in [0, 0.05) is 24.2 Å². The molecular formula is C18H21F2N7OS. The molecule has 1 fully saturated rings. The number of nitrogen functional groups attached to an aromatic ring is 1. The van der Waals surface area contributed by atoms with Crippen LogP contribution in [0.5, 0.6) is 0 Å². The second kappa shape index (κ2) is 7.06. The molecule has 2 aliphatic rings. The molecule has 2 aromatic rings. The maximum absolute atomic E-state index is 14.2. The van der Waals surface area contributed by atoms with Crippen LogP contribution in [0.3, 0.4) is 0 Å². The molecule has 2 aliphatic heterocycles. The van der Waals surface area contributed by atoms with Crippen LogP contribution in [0, 0.1) is 5.41 Å². The fourth-order valence-electron chi connectivity index (χ4n) is 3.42. The van der Waals surface area contributed by atoms with Gasteiger partial charge < -0.3 is 21.7 Å². The average molecular weight is 421 g/mol. The van der Waals surface area contributed by atoms with Crippen molar-refractivity contribution in [3.63, 3.8) is 0 Å². The van der Waals surface area contributed by atoms with Crippen LogP contribution in [0.1, 0.15) is 25.3 Å². The first-order valence-electron chi connectivity index (χ1n) is 9.18. The summed E-state index contributed by atoms with van der Waals surface area (Å²) >= 11 is 0.937. The Morgan fingerprint density at radius 3 is 2.69 bits per heavy atom. The van der Waals surface area contributed by atoms with Gasteiger partial charge in [0.25, 0.3) is 0 Å². The zero-order chi connectivity index (χ0) is 20.8. The number of amides is 1. The van der Waals surface area contributed by atoms with Gasteiger partial charge in [-0.3, -0.25) is 4.79 Å². The largest absolute Gasteiger partial charge is 0.381 e. The predicted octanol–water partition coefficient (Wildman–Crippen LogP) is 2.21. The van der Waals surface area contributed by atoms with Gasteiger partial charge in [0.2, 0.25) is 0 Å². The molecule has 0 atom stereocenters. The van der Waals surface area contributed by atoms with E-state index in [1.165, 1.54) is 12.3 Å². The monoisotopic (exact) mass is 421 g/mol. The number of rotatable bonds is 4. The van der Waals surface area contributed by atoms with E-state index in [1.807, 2.05) is 0 Å². The lowest BCUT2D eigenvalue weighted by atomic mass is 9.80. The van der Waals surface area contributed by atoms with Crippen molar-refractivity contribution in [2.75, 3.05) is 35.6 Å². The van der Waals surface area contributed by atoms with Crippen LogP contribution in [0.2, 0.25) is 0 Å². The average Bonchev–Trinajstić information content (AvgIpc) is 2.93. The van der Waals surface area contributed by atoms with Gasteiger partial charge in [-0.05, 0) is 30.9 Å². The Morgan fingerprint density at radius 1 is 1.31 bits per heavy atom. The van der Waals surface area contributed by atoms with Crippen LogP contribution in [0.4, 0.5) is 26.2 Å². The minimum atomic E-state index is -3.66.